The summed E-state index contributed by atoms with van der Waals surface area (Å²) < 4.78 is 6.47. The molecule has 17 heavy (non-hydrogen) atoms. The van der Waals surface area contributed by atoms with Gasteiger partial charge in [0.2, 0.25) is 0 Å². The number of carbonyl (C=O) groups is 1. The SMILES string of the molecule is COC(=O)c1csc(-c2cnn(C(C)C)c2)n1. The quantitative estimate of drug-likeness (QED) is 0.786. The molecule has 0 radical (unpaired) electrons. The molecular weight excluding hydrogens is 238 g/mol. The van der Waals surface area contributed by atoms with Gasteiger partial charge < -0.3 is 4.74 Å². The third-order valence-corrected chi connectivity index (χ3v) is 3.17. The van der Waals surface area contributed by atoms with E-state index in [-0.39, 0.29) is 0 Å². The zero-order valence-corrected chi connectivity index (χ0v) is 10.7. The monoisotopic (exact) mass is 251 g/mol. The minimum absolute atomic E-state index is 0.309. The third-order valence-electron chi connectivity index (χ3n) is 2.28. The molecule has 0 bridgehead atoms. The Morgan fingerprint density at radius 1 is 1.53 bits per heavy atom. The van der Waals surface area contributed by atoms with Gasteiger partial charge >= 0.3 is 5.97 Å². The molecule has 2 aromatic heterocycles. The fourth-order valence-electron chi connectivity index (χ4n) is 1.34. The Morgan fingerprint density at radius 2 is 2.29 bits per heavy atom. The summed E-state index contributed by atoms with van der Waals surface area (Å²) in [4.78, 5) is 15.5. The fraction of sp³-hybridized carbons (Fsp3) is 0.364. The third kappa shape index (κ3) is 2.36. The van der Waals surface area contributed by atoms with E-state index in [0.29, 0.717) is 11.7 Å². The standard InChI is InChI=1S/C11H13N3O2S/c1-7(2)14-5-8(4-12-14)10-13-9(6-17-10)11(15)16-3/h4-7H,1-3H3. The minimum atomic E-state index is -0.413. The molecule has 0 spiro atoms. The van der Waals surface area contributed by atoms with Crippen molar-refractivity contribution < 1.29 is 9.53 Å². The maximum atomic E-state index is 11.3. The van der Waals surface area contributed by atoms with Crippen molar-refractivity contribution in [2.45, 2.75) is 19.9 Å². The van der Waals surface area contributed by atoms with E-state index in [1.165, 1.54) is 18.4 Å². The summed E-state index contributed by atoms with van der Waals surface area (Å²) in [6.07, 6.45) is 3.67. The topological polar surface area (TPSA) is 57.0 Å². The lowest BCUT2D eigenvalue weighted by molar-refractivity contribution is 0.0595. The van der Waals surface area contributed by atoms with E-state index in [1.54, 1.807) is 11.6 Å². The average molecular weight is 251 g/mol. The number of thiazole rings is 1. The zero-order valence-electron chi connectivity index (χ0n) is 9.88. The molecule has 2 rings (SSSR count). The number of esters is 1. The predicted octanol–water partition coefficient (Wildman–Crippen LogP) is 2.37. The molecule has 5 nitrogen and oxygen atoms in total. The van der Waals surface area contributed by atoms with Crippen LogP contribution in [0.15, 0.2) is 17.8 Å². The first-order chi connectivity index (χ1) is 8.11. The smallest absolute Gasteiger partial charge is 0.357 e. The summed E-state index contributed by atoms with van der Waals surface area (Å²) >= 11 is 1.41. The minimum Gasteiger partial charge on any atom is -0.464 e. The Hall–Kier alpha value is -1.69. The van der Waals surface area contributed by atoms with E-state index in [0.717, 1.165) is 10.6 Å². The van der Waals surface area contributed by atoms with Crippen molar-refractivity contribution in [2.24, 2.45) is 0 Å². The van der Waals surface area contributed by atoms with Crippen molar-refractivity contribution in [3.63, 3.8) is 0 Å². The van der Waals surface area contributed by atoms with E-state index in [4.69, 9.17) is 0 Å². The molecule has 6 heteroatoms. The lowest BCUT2D eigenvalue weighted by atomic mass is 10.3. The molecule has 0 saturated heterocycles. The van der Waals surface area contributed by atoms with Gasteiger partial charge in [0.25, 0.3) is 0 Å². The molecule has 0 aliphatic rings. The Morgan fingerprint density at radius 3 is 2.88 bits per heavy atom. The fourth-order valence-corrected chi connectivity index (χ4v) is 2.10. The number of aromatic nitrogens is 3. The van der Waals surface area contributed by atoms with Crippen molar-refractivity contribution in [1.29, 1.82) is 0 Å². The van der Waals surface area contributed by atoms with Crippen LogP contribution in [0.2, 0.25) is 0 Å². The Labute approximate surface area is 103 Å². The second-order valence-electron chi connectivity index (χ2n) is 3.83. The van der Waals surface area contributed by atoms with Gasteiger partial charge in [0, 0.05) is 23.2 Å². The second-order valence-corrected chi connectivity index (χ2v) is 4.69. The summed E-state index contributed by atoms with van der Waals surface area (Å²) in [5, 5.41) is 6.70. The highest BCUT2D eigenvalue weighted by atomic mass is 32.1. The number of ether oxygens (including phenoxy) is 1. The van der Waals surface area contributed by atoms with Crippen molar-refractivity contribution in [1.82, 2.24) is 14.8 Å². The maximum absolute atomic E-state index is 11.3. The first kappa shape index (κ1) is 11.8. The molecule has 0 aliphatic carbocycles. The first-order valence-electron chi connectivity index (χ1n) is 5.20. The van der Waals surface area contributed by atoms with Gasteiger partial charge in [0.15, 0.2) is 5.69 Å². The summed E-state index contributed by atoms with van der Waals surface area (Å²) in [5.74, 6) is -0.413. The number of nitrogens with zero attached hydrogens (tertiary/aromatic N) is 3. The van der Waals surface area contributed by atoms with E-state index < -0.39 is 5.97 Å². The molecule has 0 atom stereocenters. The number of carbonyl (C=O) groups excluding carboxylic acids is 1. The van der Waals surface area contributed by atoms with Gasteiger partial charge in [-0.1, -0.05) is 0 Å². The van der Waals surface area contributed by atoms with Crippen LogP contribution in [0.5, 0.6) is 0 Å². The van der Waals surface area contributed by atoms with Crippen LogP contribution in [0.25, 0.3) is 10.6 Å². The molecule has 0 N–H and O–H groups in total. The Kier molecular flexibility index (Phi) is 3.23. The van der Waals surface area contributed by atoms with Crippen molar-refractivity contribution >= 4 is 17.3 Å². The molecule has 0 amide bonds. The van der Waals surface area contributed by atoms with Crippen LogP contribution >= 0.6 is 11.3 Å². The summed E-state index contributed by atoms with van der Waals surface area (Å²) in [5.41, 5.74) is 1.25. The summed E-state index contributed by atoms with van der Waals surface area (Å²) in [7, 11) is 1.35. The average Bonchev–Trinajstić information content (AvgIpc) is 2.95. The van der Waals surface area contributed by atoms with E-state index >= 15 is 0 Å². The van der Waals surface area contributed by atoms with E-state index in [2.05, 4.69) is 28.7 Å². The first-order valence-corrected chi connectivity index (χ1v) is 6.08. The van der Waals surface area contributed by atoms with Crippen molar-refractivity contribution in [2.75, 3.05) is 7.11 Å². The summed E-state index contributed by atoms with van der Waals surface area (Å²) in [6, 6.07) is 0.309. The number of methoxy groups -OCH3 is 1. The highest BCUT2D eigenvalue weighted by Crippen LogP contribution is 2.24. The van der Waals surface area contributed by atoms with Gasteiger partial charge in [0.1, 0.15) is 5.01 Å². The molecule has 0 aliphatic heterocycles. The highest BCUT2D eigenvalue weighted by molar-refractivity contribution is 7.13. The normalized spacial score (nSPS) is 10.8. The van der Waals surface area contributed by atoms with Gasteiger partial charge in [-0.3, -0.25) is 4.68 Å². The Bertz CT molecular complexity index is 530. The van der Waals surface area contributed by atoms with Crippen LogP contribution in [0, 0.1) is 0 Å². The predicted molar refractivity (Wildman–Crippen MR) is 65.1 cm³/mol. The zero-order chi connectivity index (χ0) is 12.4. The van der Waals surface area contributed by atoms with Crippen LogP contribution in [-0.2, 0) is 4.74 Å². The van der Waals surface area contributed by atoms with Crippen LogP contribution in [0.4, 0.5) is 0 Å². The van der Waals surface area contributed by atoms with Crippen LogP contribution in [-0.4, -0.2) is 27.8 Å². The molecule has 0 saturated carbocycles. The van der Waals surface area contributed by atoms with E-state index in [9.17, 15) is 4.79 Å². The molecule has 2 heterocycles. The van der Waals surface area contributed by atoms with Crippen LogP contribution < -0.4 is 0 Å². The van der Waals surface area contributed by atoms with Gasteiger partial charge in [-0.25, -0.2) is 9.78 Å². The lowest BCUT2D eigenvalue weighted by Gasteiger charge is -2.02. The molecule has 2 aromatic rings. The van der Waals surface area contributed by atoms with Gasteiger partial charge in [-0.2, -0.15) is 5.10 Å². The molecule has 90 valence electrons. The number of hydrogen-bond donors (Lipinski definition) is 0. The Balaban J connectivity index is 2.27. The largest absolute Gasteiger partial charge is 0.464 e. The molecule has 0 unspecified atom stereocenters. The van der Waals surface area contributed by atoms with Gasteiger partial charge in [-0.05, 0) is 13.8 Å². The highest BCUT2D eigenvalue weighted by Gasteiger charge is 2.13. The molecular formula is C11H13N3O2S. The van der Waals surface area contributed by atoms with Crippen molar-refractivity contribution in [3.8, 4) is 10.6 Å². The van der Waals surface area contributed by atoms with Gasteiger partial charge in [0.05, 0.1) is 13.3 Å². The maximum Gasteiger partial charge on any atom is 0.357 e. The lowest BCUT2D eigenvalue weighted by Crippen LogP contribution is -2.01. The number of rotatable bonds is 3. The van der Waals surface area contributed by atoms with Crippen LogP contribution in [0.3, 0.4) is 0 Å². The van der Waals surface area contributed by atoms with Crippen molar-refractivity contribution in [3.05, 3.63) is 23.5 Å². The summed E-state index contributed by atoms with van der Waals surface area (Å²) in [6.45, 7) is 4.11. The van der Waals surface area contributed by atoms with Gasteiger partial charge in [-0.15, -0.1) is 11.3 Å². The molecule has 0 fully saturated rings. The second kappa shape index (κ2) is 4.67. The molecule has 0 aromatic carbocycles. The van der Waals surface area contributed by atoms with E-state index in [1.807, 2.05) is 10.9 Å². The van der Waals surface area contributed by atoms with Crippen LogP contribution in [0.1, 0.15) is 30.4 Å². The number of hydrogen-bond acceptors (Lipinski definition) is 5.